The average Bonchev–Trinajstić information content (AvgIpc) is 2.25. The standard InChI is InChI=1S/C9H7F5N2O2/c10-7(11)3-1-5(9(12,13)14)16-4(2-15)6(3)8(17)18/h1,7H,2,15H2,(H,17,18). The molecule has 0 spiro atoms. The first-order chi connectivity index (χ1) is 8.18. The molecule has 100 valence electrons. The Bertz CT molecular complexity index is 473. The van der Waals surface area contributed by atoms with Crippen LogP contribution in [-0.2, 0) is 12.7 Å². The number of carboxylic acids is 1. The van der Waals surface area contributed by atoms with Gasteiger partial charge in [-0.2, -0.15) is 13.2 Å². The number of aromatic carboxylic acids is 1. The topological polar surface area (TPSA) is 76.2 Å². The number of carboxylic acid groups (broad SMARTS) is 1. The number of rotatable bonds is 3. The lowest BCUT2D eigenvalue weighted by Crippen LogP contribution is -2.18. The molecule has 0 aliphatic heterocycles. The van der Waals surface area contributed by atoms with E-state index in [1.807, 2.05) is 0 Å². The Labute approximate surface area is 97.2 Å². The van der Waals surface area contributed by atoms with Crippen LogP contribution in [-0.4, -0.2) is 16.1 Å². The maximum Gasteiger partial charge on any atom is 0.433 e. The van der Waals surface area contributed by atoms with Crippen LogP contribution in [0.3, 0.4) is 0 Å². The van der Waals surface area contributed by atoms with Crippen molar-refractivity contribution in [2.24, 2.45) is 5.73 Å². The summed E-state index contributed by atoms with van der Waals surface area (Å²) >= 11 is 0. The number of aromatic nitrogens is 1. The van der Waals surface area contributed by atoms with Crippen molar-refractivity contribution in [1.29, 1.82) is 0 Å². The lowest BCUT2D eigenvalue weighted by molar-refractivity contribution is -0.141. The first kappa shape index (κ1) is 14.3. The van der Waals surface area contributed by atoms with Crippen LogP contribution >= 0.6 is 0 Å². The van der Waals surface area contributed by atoms with Crippen molar-refractivity contribution in [3.05, 3.63) is 28.6 Å². The summed E-state index contributed by atoms with van der Waals surface area (Å²) in [6.07, 6.45) is -8.32. The van der Waals surface area contributed by atoms with Gasteiger partial charge in [0.15, 0.2) is 0 Å². The number of halogens is 5. The number of alkyl halides is 5. The highest BCUT2D eigenvalue weighted by Gasteiger charge is 2.36. The third-order valence-corrected chi connectivity index (χ3v) is 2.06. The van der Waals surface area contributed by atoms with E-state index in [0.29, 0.717) is 0 Å². The van der Waals surface area contributed by atoms with Crippen molar-refractivity contribution in [2.45, 2.75) is 19.1 Å². The summed E-state index contributed by atoms with van der Waals surface area (Å²) in [7, 11) is 0. The Balaban J connectivity index is 3.59. The van der Waals surface area contributed by atoms with Crippen LogP contribution in [0.5, 0.6) is 0 Å². The van der Waals surface area contributed by atoms with Crippen LogP contribution < -0.4 is 5.73 Å². The predicted octanol–water partition coefficient (Wildman–Crippen LogP) is 2.19. The van der Waals surface area contributed by atoms with E-state index in [-0.39, 0.29) is 6.07 Å². The van der Waals surface area contributed by atoms with Gasteiger partial charge in [0.2, 0.25) is 0 Å². The minimum absolute atomic E-state index is 0.0211. The maximum absolute atomic E-state index is 12.6. The number of nitrogens with two attached hydrogens (primary N) is 1. The molecule has 0 radical (unpaired) electrons. The monoisotopic (exact) mass is 270 g/mol. The Hall–Kier alpha value is -1.77. The van der Waals surface area contributed by atoms with Gasteiger partial charge in [0.1, 0.15) is 5.69 Å². The quantitative estimate of drug-likeness (QED) is 0.825. The normalized spacial score (nSPS) is 11.9. The lowest BCUT2D eigenvalue weighted by Gasteiger charge is -2.13. The minimum Gasteiger partial charge on any atom is -0.478 e. The van der Waals surface area contributed by atoms with Crippen LogP contribution in [0.15, 0.2) is 6.07 Å². The Morgan fingerprint density at radius 1 is 1.44 bits per heavy atom. The third-order valence-electron chi connectivity index (χ3n) is 2.06. The molecular formula is C9H7F5N2O2. The van der Waals surface area contributed by atoms with Gasteiger partial charge in [0, 0.05) is 12.1 Å². The SMILES string of the molecule is NCc1nc(C(F)(F)F)cc(C(F)F)c1C(=O)O. The van der Waals surface area contributed by atoms with Crippen LogP contribution in [0.25, 0.3) is 0 Å². The lowest BCUT2D eigenvalue weighted by atomic mass is 10.0. The zero-order valence-electron chi connectivity index (χ0n) is 8.63. The fourth-order valence-electron chi connectivity index (χ4n) is 1.33. The zero-order chi connectivity index (χ0) is 14.1. The number of nitrogens with zero attached hydrogens (tertiary/aromatic N) is 1. The second-order valence-electron chi connectivity index (χ2n) is 3.23. The molecule has 1 aromatic rings. The number of hydrogen-bond acceptors (Lipinski definition) is 3. The van der Waals surface area contributed by atoms with Crippen molar-refractivity contribution in [1.82, 2.24) is 4.98 Å². The smallest absolute Gasteiger partial charge is 0.433 e. The van der Waals surface area contributed by atoms with Crippen LogP contribution in [0.1, 0.15) is 33.7 Å². The molecule has 3 N–H and O–H groups in total. The van der Waals surface area contributed by atoms with Gasteiger partial charge in [-0.15, -0.1) is 0 Å². The summed E-state index contributed by atoms with van der Waals surface area (Å²) in [6, 6.07) is 0.0211. The summed E-state index contributed by atoms with van der Waals surface area (Å²) in [5.41, 5.74) is 0.478. The molecule has 0 aliphatic rings. The zero-order valence-corrected chi connectivity index (χ0v) is 8.63. The highest BCUT2D eigenvalue weighted by atomic mass is 19.4. The molecular weight excluding hydrogens is 263 g/mol. The molecule has 9 heteroatoms. The summed E-state index contributed by atoms with van der Waals surface area (Å²) < 4.78 is 62.3. The van der Waals surface area contributed by atoms with Crippen molar-refractivity contribution < 1.29 is 31.9 Å². The van der Waals surface area contributed by atoms with Crippen molar-refractivity contribution in [3.63, 3.8) is 0 Å². The molecule has 0 saturated carbocycles. The molecule has 1 rings (SSSR count). The van der Waals surface area contributed by atoms with E-state index in [1.54, 1.807) is 0 Å². The highest BCUT2D eigenvalue weighted by molar-refractivity contribution is 5.90. The Morgan fingerprint density at radius 2 is 2.00 bits per heavy atom. The van der Waals surface area contributed by atoms with Crippen LogP contribution in [0.2, 0.25) is 0 Å². The van der Waals surface area contributed by atoms with E-state index in [4.69, 9.17) is 10.8 Å². The molecule has 18 heavy (non-hydrogen) atoms. The van der Waals surface area contributed by atoms with E-state index in [0.717, 1.165) is 0 Å². The van der Waals surface area contributed by atoms with Gasteiger partial charge in [0.05, 0.1) is 11.3 Å². The molecule has 0 atom stereocenters. The molecule has 0 fully saturated rings. The van der Waals surface area contributed by atoms with Crippen molar-refractivity contribution >= 4 is 5.97 Å². The summed E-state index contributed by atoms with van der Waals surface area (Å²) in [6.45, 7) is -0.689. The van der Waals surface area contributed by atoms with Gasteiger partial charge in [-0.25, -0.2) is 18.6 Å². The van der Waals surface area contributed by atoms with Gasteiger partial charge in [0.25, 0.3) is 6.43 Å². The van der Waals surface area contributed by atoms with Gasteiger partial charge < -0.3 is 10.8 Å². The third kappa shape index (κ3) is 2.73. The van der Waals surface area contributed by atoms with E-state index < -0.39 is 47.6 Å². The number of pyridine rings is 1. The van der Waals surface area contributed by atoms with Crippen molar-refractivity contribution in [3.8, 4) is 0 Å². The Kier molecular flexibility index (Phi) is 3.85. The predicted molar refractivity (Wildman–Crippen MR) is 49.0 cm³/mol. The van der Waals surface area contributed by atoms with Gasteiger partial charge in [-0.3, -0.25) is 0 Å². The largest absolute Gasteiger partial charge is 0.478 e. The average molecular weight is 270 g/mol. The van der Waals surface area contributed by atoms with Crippen LogP contribution in [0.4, 0.5) is 22.0 Å². The summed E-state index contributed by atoms with van der Waals surface area (Å²) in [4.78, 5) is 13.7. The van der Waals surface area contributed by atoms with E-state index in [2.05, 4.69) is 4.98 Å². The molecule has 0 aliphatic carbocycles. The molecule has 1 aromatic heterocycles. The minimum atomic E-state index is -4.95. The first-order valence-corrected chi connectivity index (χ1v) is 4.51. The molecule has 0 amide bonds. The summed E-state index contributed by atoms with van der Waals surface area (Å²) in [5.74, 6) is -1.80. The van der Waals surface area contributed by atoms with Gasteiger partial charge >= 0.3 is 12.1 Å². The van der Waals surface area contributed by atoms with E-state index in [1.165, 1.54) is 0 Å². The molecule has 1 heterocycles. The first-order valence-electron chi connectivity index (χ1n) is 4.51. The Morgan fingerprint density at radius 3 is 2.33 bits per heavy atom. The molecule has 0 aromatic carbocycles. The maximum atomic E-state index is 12.6. The van der Waals surface area contributed by atoms with E-state index >= 15 is 0 Å². The second-order valence-corrected chi connectivity index (χ2v) is 3.23. The molecule has 0 unspecified atom stereocenters. The summed E-state index contributed by atoms with van der Waals surface area (Å²) in [5, 5.41) is 8.71. The molecule has 0 bridgehead atoms. The highest BCUT2D eigenvalue weighted by Crippen LogP contribution is 2.33. The molecule has 0 saturated heterocycles. The fraction of sp³-hybridized carbons (Fsp3) is 0.333. The van der Waals surface area contributed by atoms with Gasteiger partial charge in [-0.1, -0.05) is 0 Å². The van der Waals surface area contributed by atoms with Gasteiger partial charge in [-0.05, 0) is 6.07 Å². The van der Waals surface area contributed by atoms with Crippen molar-refractivity contribution in [2.75, 3.05) is 0 Å². The number of hydrogen-bond donors (Lipinski definition) is 2. The van der Waals surface area contributed by atoms with Crippen LogP contribution in [0, 0.1) is 0 Å². The number of carbonyl (C=O) groups is 1. The fourth-order valence-corrected chi connectivity index (χ4v) is 1.33. The van der Waals surface area contributed by atoms with E-state index in [9.17, 15) is 26.7 Å². The molecule has 4 nitrogen and oxygen atoms in total. The second kappa shape index (κ2) is 4.84.